The number of hydrogen-bond acceptors (Lipinski definition) is 5. The van der Waals surface area contributed by atoms with Crippen molar-refractivity contribution < 1.29 is 23.5 Å². The molecule has 1 aromatic rings. The zero-order valence-corrected chi connectivity index (χ0v) is 15.4. The standard InChI is InChI=1S/C19H27FN2O4/c1-14-5-6-15(10-17(14)20)11-21-18(23)13-22(8-7-19(24)25-2)12-16-4-3-9-26-16/h5-6,10,16H,3-4,7-9,11-13H2,1-2H3,(H,21,23). The molecule has 0 radical (unpaired) electrons. The molecule has 0 aliphatic carbocycles. The summed E-state index contributed by atoms with van der Waals surface area (Å²) in [6.45, 7) is 3.89. The molecule has 144 valence electrons. The summed E-state index contributed by atoms with van der Waals surface area (Å²) in [6.07, 6.45) is 2.28. The molecular formula is C19H27FN2O4. The van der Waals surface area contributed by atoms with Crippen LogP contribution < -0.4 is 5.32 Å². The topological polar surface area (TPSA) is 67.9 Å². The Kier molecular flexibility index (Phi) is 8.00. The molecule has 1 unspecified atom stereocenters. The number of aryl methyl sites for hydroxylation is 1. The highest BCUT2D eigenvalue weighted by molar-refractivity contribution is 5.78. The first kappa shape index (κ1) is 20.3. The third-order valence-electron chi connectivity index (χ3n) is 4.44. The molecule has 1 saturated heterocycles. The van der Waals surface area contributed by atoms with Crippen molar-refractivity contribution in [1.82, 2.24) is 10.2 Å². The fraction of sp³-hybridized carbons (Fsp3) is 0.579. The van der Waals surface area contributed by atoms with Gasteiger partial charge in [-0.25, -0.2) is 4.39 Å². The number of nitrogens with one attached hydrogen (secondary N) is 1. The third kappa shape index (κ3) is 6.72. The molecule has 1 amide bonds. The smallest absolute Gasteiger partial charge is 0.306 e. The molecule has 1 atom stereocenters. The number of nitrogens with zero attached hydrogens (tertiary/aromatic N) is 1. The van der Waals surface area contributed by atoms with Crippen molar-refractivity contribution in [3.8, 4) is 0 Å². The summed E-state index contributed by atoms with van der Waals surface area (Å²) in [5, 5.41) is 2.80. The van der Waals surface area contributed by atoms with Crippen molar-refractivity contribution in [2.24, 2.45) is 0 Å². The normalized spacial score (nSPS) is 16.7. The lowest BCUT2D eigenvalue weighted by atomic mass is 10.1. The number of carbonyl (C=O) groups excluding carboxylic acids is 2. The van der Waals surface area contributed by atoms with E-state index in [9.17, 15) is 14.0 Å². The molecule has 1 aromatic carbocycles. The van der Waals surface area contributed by atoms with Gasteiger partial charge >= 0.3 is 5.97 Å². The average Bonchev–Trinajstić information content (AvgIpc) is 3.13. The summed E-state index contributed by atoms with van der Waals surface area (Å²) < 4.78 is 23.9. The Morgan fingerprint density at radius 1 is 1.42 bits per heavy atom. The predicted octanol–water partition coefficient (Wildman–Crippen LogP) is 1.79. The van der Waals surface area contributed by atoms with Gasteiger partial charge in [-0.3, -0.25) is 14.5 Å². The minimum atomic E-state index is -0.308. The molecule has 6 nitrogen and oxygen atoms in total. The predicted molar refractivity (Wildman–Crippen MR) is 95.0 cm³/mol. The van der Waals surface area contributed by atoms with Gasteiger partial charge in [-0.1, -0.05) is 12.1 Å². The third-order valence-corrected chi connectivity index (χ3v) is 4.44. The van der Waals surface area contributed by atoms with Crippen LogP contribution in [-0.2, 0) is 25.6 Å². The van der Waals surface area contributed by atoms with E-state index in [0.29, 0.717) is 24.2 Å². The zero-order valence-electron chi connectivity index (χ0n) is 15.4. The molecule has 0 aromatic heterocycles. The lowest BCUT2D eigenvalue weighted by molar-refractivity contribution is -0.141. The number of ether oxygens (including phenoxy) is 2. The molecule has 0 bridgehead atoms. The maximum atomic E-state index is 13.6. The molecule has 7 heteroatoms. The average molecular weight is 366 g/mol. The maximum absolute atomic E-state index is 13.6. The number of halogens is 1. The van der Waals surface area contributed by atoms with Gasteiger partial charge in [0.2, 0.25) is 5.91 Å². The molecule has 1 fully saturated rings. The van der Waals surface area contributed by atoms with Gasteiger partial charge in [-0.05, 0) is 37.0 Å². The van der Waals surface area contributed by atoms with Gasteiger partial charge in [0, 0.05) is 26.2 Å². The Hall–Kier alpha value is -1.99. The van der Waals surface area contributed by atoms with Crippen LogP contribution in [0.4, 0.5) is 4.39 Å². The van der Waals surface area contributed by atoms with Crippen LogP contribution >= 0.6 is 0 Å². The van der Waals surface area contributed by atoms with Crippen molar-refractivity contribution >= 4 is 11.9 Å². The highest BCUT2D eigenvalue weighted by atomic mass is 19.1. The van der Waals surface area contributed by atoms with Crippen LogP contribution in [0.5, 0.6) is 0 Å². The van der Waals surface area contributed by atoms with Crippen LogP contribution in [0.15, 0.2) is 18.2 Å². The summed E-state index contributed by atoms with van der Waals surface area (Å²) >= 11 is 0. The van der Waals surface area contributed by atoms with E-state index in [-0.39, 0.29) is 43.3 Å². The Morgan fingerprint density at radius 2 is 2.23 bits per heavy atom. The molecule has 2 rings (SSSR count). The van der Waals surface area contributed by atoms with Gasteiger partial charge in [0.1, 0.15) is 5.82 Å². The second-order valence-electron chi connectivity index (χ2n) is 6.56. The highest BCUT2D eigenvalue weighted by Crippen LogP contribution is 2.14. The summed E-state index contributed by atoms with van der Waals surface area (Å²) in [7, 11) is 1.35. The van der Waals surface area contributed by atoms with Crippen LogP contribution in [0.1, 0.15) is 30.4 Å². The van der Waals surface area contributed by atoms with Gasteiger partial charge in [-0.2, -0.15) is 0 Å². The zero-order chi connectivity index (χ0) is 18.9. The van der Waals surface area contributed by atoms with Gasteiger partial charge < -0.3 is 14.8 Å². The fourth-order valence-electron chi connectivity index (χ4n) is 2.87. The molecule has 1 aliphatic rings. The number of rotatable bonds is 9. The van der Waals surface area contributed by atoms with E-state index in [1.165, 1.54) is 13.2 Å². The Morgan fingerprint density at radius 3 is 2.88 bits per heavy atom. The molecule has 0 spiro atoms. The number of carbonyl (C=O) groups is 2. The SMILES string of the molecule is COC(=O)CCN(CC(=O)NCc1ccc(C)c(F)c1)CC1CCCO1. The van der Waals surface area contributed by atoms with E-state index < -0.39 is 0 Å². The van der Waals surface area contributed by atoms with Crippen LogP contribution in [0.25, 0.3) is 0 Å². The van der Waals surface area contributed by atoms with Crippen molar-refractivity contribution in [1.29, 1.82) is 0 Å². The van der Waals surface area contributed by atoms with Gasteiger partial charge in [0.25, 0.3) is 0 Å². The molecule has 0 saturated carbocycles. The Bertz CT molecular complexity index is 618. The maximum Gasteiger partial charge on any atom is 0.306 e. The Balaban J connectivity index is 1.84. The Labute approximate surface area is 153 Å². The van der Waals surface area contributed by atoms with E-state index in [4.69, 9.17) is 4.74 Å². The van der Waals surface area contributed by atoms with Crippen LogP contribution in [-0.4, -0.2) is 56.2 Å². The summed E-state index contributed by atoms with van der Waals surface area (Å²) in [6, 6.07) is 4.91. The van der Waals surface area contributed by atoms with Crippen LogP contribution in [0.2, 0.25) is 0 Å². The number of benzene rings is 1. The summed E-state index contributed by atoms with van der Waals surface area (Å²) in [5.74, 6) is -0.762. The first-order valence-corrected chi connectivity index (χ1v) is 8.90. The summed E-state index contributed by atoms with van der Waals surface area (Å²) in [4.78, 5) is 25.6. The first-order chi connectivity index (χ1) is 12.5. The van der Waals surface area contributed by atoms with Crippen LogP contribution in [0, 0.1) is 12.7 Å². The lowest BCUT2D eigenvalue weighted by Gasteiger charge is -2.24. The summed E-state index contributed by atoms with van der Waals surface area (Å²) in [5.41, 5.74) is 1.28. The van der Waals surface area contributed by atoms with Crippen molar-refractivity contribution in [2.75, 3.05) is 33.4 Å². The van der Waals surface area contributed by atoms with Gasteiger partial charge in [-0.15, -0.1) is 0 Å². The van der Waals surface area contributed by atoms with E-state index in [2.05, 4.69) is 10.1 Å². The molecular weight excluding hydrogens is 339 g/mol. The second kappa shape index (κ2) is 10.2. The van der Waals surface area contributed by atoms with Crippen LogP contribution in [0.3, 0.4) is 0 Å². The molecule has 26 heavy (non-hydrogen) atoms. The van der Waals surface area contributed by atoms with E-state index in [1.54, 1.807) is 19.1 Å². The number of amides is 1. The number of hydrogen-bond donors (Lipinski definition) is 1. The minimum Gasteiger partial charge on any atom is -0.469 e. The quantitative estimate of drug-likeness (QED) is 0.675. The van der Waals surface area contributed by atoms with Gasteiger partial charge in [0.15, 0.2) is 0 Å². The molecule has 1 heterocycles. The fourth-order valence-corrected chi connectivity index (χ4v) is 2.87. The number of esters is 1. The minimum absolute atomic E-state index is 0.0895. The molecule has 1 aliphatic heterocycles. The number of methoxy groups -OCH3 is 1. The molecule has 1 N–H and O–H groups in total. The highest BCUT2D eigenvalue weighted by Gasteiger charge is 2.21. The van der Waals surface area contributed by atoms with E-state index in [0.717, 1.165) is 19.4 Å². The van der Waals surface area contributed by atoms with Gasteiger partial charge in [0.05, 0.1) is 26.2 Å². The van der Waals surface area contributed by atoms with E-state index >= 15 is 0 Å². The monoisotopic (exact) mass is 366 g/mol. The van der Waals surface area contributed by atoms with E-state index in [1.807, 2.05) is 4.90 Å². The van der Waals surface area contributed by atoms with Crippen molar-refractivity contribution in [3.05, 3.63) is 35.1 Å². The largest absolute Gasteiger partial charge is 0.469 e. The lowest BCUT2D eigenvalue weighted by Crippen LogP contribution is -2.41. The van der Waals surface area contributed by atoms with Crippen molar-refractivity contribution in [3.63, 3.8) is 0 Å². The second-order valence-corrected chi connectivity index (χ2v) is 6.56. The first-order valence-electron chi connectivity index (χ1n) is 8.90. The van der Waals surface area contributed by atoms with Crippen molar-refractivity contribution in [2.45, 2.75) is 38.8 Å².